The van der Waals surface area contributed by atoms with Gasteiger partial charge in [-0.1, -0.05) is 12.8 Å². The topological polar surface area (TPSA) is 123 Å². The van der Waals surface area contributed by atoms with Gasteiger partial charge in [0.15, 0.2) is 0 Å². The van der Waals surface area contributed by atoms with Gasteiger partial charge in [0, 0.05) is 32.2 Å². The summed E-state index contributed by atoms with van der Waals surface area (Å²) >= 11 is 0. The van der Waals surface area contributed by atoms with Crippen LogP contribution in [0.4, 0.5) is 11.6 Å². The average molecular weight is 438 g/mol. The second-order valence-corrected chi connectivity index (χ2v) is 10.1. The van der Waals surface area contributed by atoms with Crippen LogP contribution in [0.15, 0.2) is 12.1 Å². The van der Waals surface area contributed by atoms with Crippen LogP contribution in [-0.4, -0.2) is 74.9 Å². The summed E-state index contributed by atoms with van der Waals surface area (Å²) in [6.45, 7) is 2.74. The Balaban J connectivity index is 1.64. The van der Waals surface area contributed by atoms with Crippen LogP contribution >= 0.6 is 0 Å². The van der Waals surface area contributed by atoms with Crippen molar-refractivity contribution < 1.29 is 18.5 Å². The SMILES string of the molecule is C[NH2+]c1nc(N2CCCCCC2)ccc1C(=N)C(=O)NC1CCN(S(C)(=O)=O)CC1. The van der Waals surface area contributed by atoms with Gasteiger partial charge in [0.1, 0.15) is 11.5 Å². The number of aromatic nitrogens is 1. The molecule has 2 fully saturated rings. The number of amides is 1. The fraction of sp³-hybridized carbons (Fsp3) is 0.650. The third-order valence-corrected chi connectivity index (χ3v) is 7.17. The first-order valence-electron chi connectivity index (χ1n) is 10.7. The lowest BCUT2D eigenvalue weighted by atomic mass is 10.1. The molecule has 0 aliphatic carbocycles. The van der Waals surface area contributed by atoms with Gasteiger partial charge in [0.2, 0.25) is 15.8 Å². The van der Waals surface area contributed by atoms with Gasteiger partial charge >= 0.3 is 0 Å². The van der Waals surface area contributed by atoms with Crippen molar-refractivity contribution in [3.8, 4) is 0 Å². The summed E-state index contributed by atoms with van der Waals surface area (Å²) in [5.41, 5.74) is 0.408. The highest BCUT2D eigenvalue weighted by molar-refractivity contribution is 7.88. The Kier molecular flexibility index (Phi) is 7.43. The van der Waals surface area contributed by atoms with Crippen molar-refractivity contribution in [1.29, 1.82) is 5.41 Å². The van der Waals surface area contributed by atoms with Crippen molar-refractivity contribution in [1.82, 2.24) is 14.6 Å². The molecule has 2 aliphatic rings. The molecule has 2 saturated heterocycles. The number of hydrogen-bond donors (Lipinski definition) is 3. The van der Waals surface area contributed by atoms with E-state index in [1.165, 1.54) is 23.4 Å². The largest absolute Gasteiger partial charge is 0.356 e. The van der Waals surface area contributed by atoms with Crippen LogP contribution in [0.25, 0.3) is 0 Å². The van der Waals surface area contributed by atoms with Crippen molar-refractivity contribution >= 4 is 33.3 Å². The summed E-state index contributed by atoms with van der Waals surface area (Å²) in [6, 6.07) is 3.59. The second kappa shape index (κ2) is 9.84. The molecule has 0 radical (unpaired) electrons. The van der Waals surface area contributed by atoms with Crippen molar-refractivity contribution in [3.05, 3.63) is 17.7 Å². The van der Waals surface area contributed by atoms with Crippen molar-refractivity contribution in [2.45, 2.75) is 44.6 Å². The lowest BCUT2D eigenvalue weighted by molar-refractivity contribution is -0.543. The number of anilines is 1. The molecule has 0 spiro atoms. The van der Waals surface area contributed by atoms with Gasteiger partial charge in [-0.2, -0.15) is 4.98 Å². The van der Waals surface area contributed by atoms with E-state index >= 15 is 0 Å². The molecule has 10 heteroatoms. The monoisotopic (exact) mass is 437 g/mol. The van der Waals surface area contributed by atoms with Crippen molar-refractivity contribution in [2.24, 2.45) is 0 Å². The molecule has 3 heterocycles. The zero-order valence-corrected chi connectivity index (χ0v) is 18.7. The Labute approximate surface area is 178 Å². The van der Waals surface area contributed by atoms with Crippen LogP contribution in [0.5, 0.6) is 0 Å². The zero-order valence-electron chi connectivity index (χ0n) is 17.9. The quantitative estimate of drug-likeness (QED) is 0.549. The maximum absolute atomic E-state index is 12.7. The number of rotatable bonds is 6. The van der Waals surface area contributed by atoms with Gasteiger partial charge in [-0.25, -0.2) is 12.7 Å². The number of nitrogens with two attached hydrogens (primary N) is 1. The zero-order chi connectivity index (χ0) is 21.7. The standard InChI is InChI=1S/C20H32N6O3S/c1-22-19-16(7-8-17(24-19)25-11-5-3-4-6-12-25)18(21)20(27)23-15-9-13-26(14-10-15)30(2,28)29/h7-8,15,21H,3-6,9-14H2,1-2H3,(H,22,24)(H,23,27)/p+1. The fourth-order valence-corrected chi connectivity index (χ4v) is 4.96. The third kappa shape index (κ3) is 5.55. The van der Waals surface area contributed by atoms with E-state index in [0.29, 0.717) is 37.3 Å². The van der Waals surface area contributed by atoms with E-state index in [1.807, 2.05) is 24.5 Å². The van der Waals surface area contributed by atoms with Crippen LogP contribution in [0.2, 0.25) is 0 Å². The smallest absolute Gasteiger partial charge is 0.270 e. The van der Waals surface area contributed by atoms with Crippen molar-refractivity contribution in [3.63, 3.8) is 0 Å². The molecule has 2 aliphatic heterocycles. The van der Waals surface area contributed by atoms with E-state index in [9.17, 15) is 13.2 Å². The van der Waals surface area contributed by atoms with Gasteiger partial charge in [0.05, 0.1) is 18.9 Å². The number of pyridine rings is 1. The molecule has 4 N–H and O–H groups in total. The highest BCUT2D eigenvalue weighted by Crippen LogP contribution is 2.21. The van der Waals surface area contributed by atoms with Gasteiger partial charge in [0.25, 0.3) is 5.91 Å². The summed E-state index contributed by atoms with van der Waals surface area (Å²) in [4.78, 5) is 19.7. The van der Waals surface area contributed by atoms with E-state index in [4.69, 9.17) is 10.4 Å². The first kappa shape index (κ1) is 22.6. The van der Waals surface area contributed by atoms with Crippen LogP contribution in [-0.2, 0) is 14.8 Å². The number of hydrogen-bond acceptors (Lipinski definition) is 6. The minimum Gasteiger partial charge on any atom is -0.356 e. The lowest BCUT2D eigenvalue weighted by Gasteiger charge is -2.30. The Bertz CT molecular complexity index is 873. The normalized spacial score (nSPS) is 19.3. The summed E-state index contributed by atoms with van der Waals surface area (Å²) < 4.78 is 24.7. The highest BCUT2D eigenvalue weighted by atomic mass is 32.2. The molecule has 0 unspecified atom stereocenters. The molecule has 0 saturated carbocycles. The molecule has 0 atom stereocenters. The Hall–Kier alpha value is -2.04. The molecule has 0 bridgehead atoms. The summed E-state index contributed by atoms with van der Waals surface area (Å²) in [5, 5.41) is 13.1. The Morgan fingerprint density at radius 1 is 1.13 bits per heavy atom. The first-order valence-corrected chi connectivity index (χ1v) is 12.5. The Morgan fingerprint density at radius 2 is 1.77 bits per heavy atom. The number of carbonyl (C=O) groups excluding carboxylic acids is 1. The molecule has 9 nitrogen and oxygen atoms in total. The van der Waals surface area contributed by atoms with Crippen LogP contribution in [0.3, 0.4) is 0 Å². The van der Waals surface area contributed by atoms with Crippen LogP contribution in [0.1, 0.15) is 44.1 Å². The number of quaternary nitrogens is 1. The van der Waals surface area contributed by atoms with Gasteiger partial charge in [-0.15, -0.1) is 0 Å². The molecular weight excluding hydrogens is 404 g/mol. The van der Waals surface area contributed by atoms with E-state index < -0.39 is 15.9 Å². The fourth-order valence-electron chi connectivity index (χ4n) is 4.08. The van der Waals surface area contributed by atoms with Gasteiger partial charge in [-0.3, -0.25) is 15.5 Å². The third-order valence-electron chi connectivity index (χ3n) is 5.87. The summed E-state index contributed by atoms with van der Waals surface area (Å²) in [7, 11) is -1.33. The molecule has 1 aromatic heterocycles. The van der Waals surface area contributed by atoms with E-state index in [1.54, 1.807) is 0 Å². The predicted octanol–water partition coefficient (Wildman–Crippen LogP) is 0.195. The number of carbonyl (C=O) groups is 1. The van der Waals surface area contributed by atoms with Crippen molar-refractivity contribution in [2.75, 3.05) is 44.4 Å². The summed E-state index contributed by atoms with van der Waals surface area (Å²) in [5.74, 6) is 1.10. The molecule has 3 rings (SSSR count). The lowest BCUT2D eigenvalue weighted by Crippen LogP contribution is -2.74. The molecule has 0 aromatic carbocycles. The minimum atomic E-state index is -3.20. The number of nitrogens with one attached hydrogen (secondary N) is 2. The number of sulfonamides is 1. The minimum absolute atomic E-state index is 0.108. The molecule has 166 valence electrons. The molecule has 30 heavy (non-hydrogen) atoms. The van der Waals surface area contributed by atoms with Gasteiger partial charge < -0.3 is 10.2 Å². The van der Waals surface area contributed by atoms with Crippen LogP contribution < -0.4 is 15.5 Å². The highest BCUT2D eigenvalue weighted by Gasteiger charge is 2.28. The molecular formula is C20H33N6O3S+. The molecule has 1 aromatic rings. The molecule has 1 amide bonds. The first-order chi connectivity index (χ1) is 14.3. The maximum atomic E-state index is 12.7. The average Bonchev–Trinajstić information content (AvgIpc) is 3.02. The summed E-state index contributed by atoms with van der Waals surface area (Å²) in [6.07, 6.45) is 7.10. The van der Waals surface area contributed by atoms with Gasteiger partial charge in [-0.05, 0) is 37.8 Å². The van der Waals surface area contributed by atoms with Crippen LogP contribution in [0, 0.1) is 5.41 Å². The van der Waals surface area contributed by atoms with E-state index in [2.05, 4.69) is 10.2 Å². The van der Waals surface area contributed by atoms with E-state index in [0.717, 1.165) is 31.7 Å². The second-order valence-electron chi connectivity index (χ2n) is 8.08. The number of piperidine rings is 1. The Morgan fingerprint density at radius 3 is 2.33 bits per heavy atom. The predicted molar refractivity (Wildman–Crippen MR) is 117 cm³/mol. The van der Waals surface area contributed by atoms with E-state index in [-0.39, 0.29) is 11.8 Å². The number of nitrogens with zero attached hydrogens (tertiary/aromatic N) is 3. The maximum Gasteiger partial charge on any atom is 0.270 e.